The fourth-order valence-electron chi connectivity index (χ4n) is 2.13. The van der Waals surface area contributed by atoms with Gasteiger partial charge in [0.2, 0.25) is 0 Å². The van der Waals surface area contributed by atoms with Crippen LogP contribution in [0.5, 0.6) is 0 Å². The number of amides is 2. The zero-order valence-corrected chi connectivity index (χ0v) is 11.6. The van der Waals surface area contributed by atoms with E-state index >= 15 is 0 Å². The number of halogens is 3. The number of hydrogen-bond acceptors (Lipinski definition) is 2. The van der Waals surface area contributed by atoms with Crippen molar-refractivity contribution in [1.29, 1.82) is 0 Å². The number of carbonyl (C=O) groups is 1. The van der Waals surface area contributed by atoms with Crippen molar-refractivity contribution in [3.05, 3.63) is 28.2 Å². The van der Waals surface area contributed by atoms with Crippen molar-refractivity contribution in [3.8, 4) is 0 Å². The average Bonchev–Trinajstić information content (AvgIpc) is 2.83. The Kier molecular flexibility index (Phi) is 4.36. The van der Waals surface area contributed by atoms with Gasteiger partial charge in [-0.25, -0.2) is 13.6 Å². The molecule has 0 bridgehead atoms. The number of nitrogens with zero attached hydrogens (tertiary/aromatic N) is 1. The van der Waals surface area contributed by atoms with E-state index in [1.807, 2.05) is 0 Å². The smallest absolute Gasteiger partial charge is 0.322 e. The zero-order valence-electron chi connectivity index (χ0n) is 10.00. The first-order valence-corrected chi connectivity index (χ1v) is 6.65. The fourth-order valence-corrected chi connectivity index (χ4v) is 2.56. The fraction of sp³-hybridized carbons (Fsp3) is 0.417. The van der Waals surface area contributed by atoms with Crippen molar-refractivity contribution in [2.45, 2.75) is 18.9 Å². The largest absolute Gasteiger partial charge is 0.394 e. The van der Waals surface area contributed by atoms with Crippen LogP contribution in [0.25, 0.3) is 0 Å². The molecule has 0 aromatic heterocycles. The van der Waals surface area contributed by atoms with Crippen LogP contribution >= 0.6 is 15.9 Å². The summed E-state index contributed by atoms with van der Waals surface area (Å²) in [5.41, 5.74) is -0.222. The predicted molar refractivity (Wildman–Crippen MR) is 69.9 cm³/mol. The normalized spacial score (nSPS) is 18.7. The number of benzene rings is 1. The highest BCUT2D eigenvalue weighted by Crippen LogP contribution is 2.26. The number of aliphatic hydroxyl groups is 1. The van der Waals surface area contributed by atoms with Crippen LogP contribution in [0.3, 0.4) is 0 Å². The van der Waals surface area contributed by atoms with E-state index in [1.54, 1.807) is 0 Å². The maximum absolute atomic E-state index is 13.7. The van der Waals surface area contributed by atoms with Crippen LogP contribution in [0.4, 0.5) is 19.3 Å². The third-order valence-electron chi connectivity index (χ3n) is 3.08. The molecule has 1 heterocycles. The van der Waals surface area contributed by atoms with Gasteiger partial charge in [-0.05, 0) is 34.8 Å². The molecule has 0 saturated carbocycles. The van der Waals surface area contributed by atoms with E-state index in [1.165, 1.54) is 4.90 Å². The Bertz CT molecular complexity index is 499. The molecule has 1 aromatic rings. The van der Waals surface area contributed by atoms with Crippen molar-refractivity contribution in [3.63, 3.8) is 0 Å². The molecule has 2 N–H and O–H groups in total. The number of carbonyl (C=O) groups excluding carboxylic acids is 1. The summed E-state index contributed by atoms with van der Waals surface area (Å²) in [7, 11) is 0. The maximum atomic E-state index is 13.7. The number of likely N-dealkylation sites (tertiary alicyclic amines) is 1. The minimum Gasteiger partial charge on any atom is -0.394 e. The summed E-state index contributed by atoms with van der Waals surface area (Å²) in [6, 6.07) is 1.10. The molecular formula is C12H13BrF2N2O2. The summed E-state index contributed by atoms with van der Waals surface area (Å²) in [4.78, 5) is 13.4. The number of nitrogens with one attached hydrogen (secondary N) is 1. The van der Waals surface area contributed by atoms with Gasteiger partial charge in [0.15, 0.2) is 5.82 Å². The van der Waals surface area contributed by atoms with Crippen molar-refractivity contribution in [1.82, 2.24) is 4.90 Å². The van der Waals surface area contributed by atoms with Gasteiger partial charge < -0.3 is 15.3 Å². The molecule has 19 heavy (non-hydrogen) atoms. The van der Waals surface area contributed by atoms with Crippen molar-refractivity contribution >= 4 is 27.6 Å². The van der Waals surface area contributed by atoms with Gasteiger partial charge in [-0.2, -0.15) is 0 Å². The standard InChI is InChI=1S/C12H13BrF2N2O2/c13-9-4-7(14)5-10(11(9)15)16-12(19)17-3-1-2-8(17)6-18/h4-5,8,18H,1-3,6H2,(H,16,19)/t8-/m1/s1. The molecule has 1 saturated heterocycles. The Labute approximate surface area is 117 Å². The van der Waals surface area contributed by atoms with Gasteiger partial charge in [-0.1, -0.05) is 0 Å². The van der Waals surface area contributed by atoms with Crippen LogP contribution in [0.2, 0.25) is 0 Å². The van der Waals surface area contributed by atoms with Crippen molar-refractivity contribution in [2.75, 3.05) is 18.5 Å². The summed E-state index contributed by atoms with van der Waals surface area (Å²) >= 11 is 2.88. The summed E-state index contributed by atoms with van der Waals surface area (Å²) in [6.07, 6.45) is 1.49. The molecule has 1 atom stereocenters. The van der Waals surface area contributed by atoms with E-state index < -0.39 is 17.7 Å². The Hall–Kier alpha value is -1.21. The first-order chi connectivity index (χ1) is 9.02. The van der Waals surface area contributed by atoms with E-state index in [4.69, 9.17) is 5.11 Å². The van der Waals surface area contributed by atoms with Gasteiger partial charge in [-0.3, -0.25) is 0 Å². The Morgan fingerprint density at radius 3 is 2.95 bits per heavy atom. The molecular weight excluding hydrogens is 322 g/mol. The van der Waals surface area contributed by atoms with Gasteiger partial charge in [0.25, 0.3) is 0 Å². The van der Waals surface area contributed by atoms with E-state index in [0.717, 1.165) is 18.6 Å². The van der Waals surface area contributed by atoms with Crippen LogP contribution in [0.15, 0.2) is 16.6 Å². The van der Waals surface area contributed by atoms with E-state index in [2.05, 4.69) is 21.2 Å². The lowest BCUT2D eigenvalue weighted by atomic mass is 10.2. The average molecular weight is 335 g/mol. The summed E-state index contributed by atoms with van der Waals surface area (Å²) < 4.78 is 26.8. The molecule has 7 heteroatoms. The Balaban J connectivity index is 2.15. The van der Waals surface area contributed by atoms with Gasteiger partial charge in [0.1, 0.15) is 5.82 Å². The topological polar surface area (TPSA) is 52.6 Å². The highest BCUT2D eigenvalue weighted by atomic mass is 79.9. The van der Waals surface area contributed by atoms with Crippen molar-refractivity contribution < 1.29 is 18.7 Å². The zero-order chi connectivity index (χ0) is 14.0. The number of urea groups is 1. The molecule has 4 nitrogen and oxygen atoms in total. The monoisotopic (exact) mass is 334 g/mol. The number of rotatable bonds is 2. The van der Waals surface area contributed by atoms with E-state index in [0.29, 0.717) is 13.0 Å². The van der Waals surface area contributed by atoms with Gasteiger partial charge in [0.05, 0.1) is 22.8 Å². The summed E-state index contributed by atoms with van der Waals surface area (Å²) in [5.74, 6) is -1.38. The van der Waals surface area contributed by atoms with E-state index in [9.17, 15) is 13.6 Å². The Morgan fingerprint density at radius 2 is 2.26 bits per heavy atom. The molecule has 1 aliphatic heterocycles. The molecule has 0 spiro atoms. The second-order valence-electron chi connectivity index (χ2n) is 4.35. The van der Waals surface area contributed by atoms with Crippen molar-refractivity contribution in [2.24, 2.45) is 0 Å². The highest BCUT2D eigenvalue weighted by molar-refractivity contribution is 9.10. The second-order valence-corrected chi connectivity index (χ2v) is 5.21. The molecule has 104 valence electrons. The third kappa shape index (κ3) is 3.03. The first kappa shape index (κ1) is 14.2. The number of hydrogen-bond donors (Lipinski definition) is 2. The lowest BCUT2D eigenvalue weighted by Gasteiger charge is -2.23. The van der Waals surface area contributed by atoms with Crippen LogP contribution in [-0.4, -0.2) is 35.2 Å². The van der Waals surface area contributed by atoms with Gasteiger partial charge in [0, 0.05) is 12.6 Å². The molecule has 1 aliphatic rings. The number of anilines is 1. The summed E-state index contributed by atoms with van der Waals surface area (Å²) in [5, 5.41) is 11.5. The van der Waals surface area contributed by atoms with Crippen LogP contribution in [0.1, 0.15) is 12.8 Å². The highest BCUT2D eigenvalue weighted by Gasteiger charge is 2.28. The quantitative estimate of drug-likeness (QED) is 0.817. The molecule has 1 aromatic carbocycles. The third-order valence-corrected chi connectivity index (χ3v) is 3.66. The molecule has 2 rings (SSSR count). The maximum Gasteiger partial charge on any atom is 0.322 e. The Morgan fingerprint density at radius 1 is 1.53 bits per heavy atom. The second kappa shape index (κ2) is 5.83. The SMILES string of the molecule is O=C(Nc1cc(F)cc(Br)c1F)N1CCC[C@@H]1CO. The molecule has 0 aliphatic carbocycles. The van der Waals surface area contributed by atoms with Crippen LogP contribution in [-0.2, 0) is 0 Å². The molecule has 2 amide bonds. The lowest BCUT2D eigenvalue weighted by Crippen LogP contribution is -2.40. The van der Waals surface area contributed by atoms with Gasteiger partial charge in [-0.15, -0.1) is 0 Å². The molecule has 0 radical (unpaired) electrons. The van der Waals surface area contributed by atoms with Crippen LogP contribution < -0.4 is 5.32 Å². The lowest BCUT2D eigenvalue weighted by molar-refractivity contribution is 0.166. The minimum absolute atomic E-state index is 0.0528. The summed E-state index contributed by atoms with van der Waals surface area (Å²) in [6.45, 7) is 0.359. The molecule has 1 fully saturated rings. The first-order valence-electron chi connectivity index (χ1n) is 5.86. The van der Waals surface area contributed by atoms with E-state index in [-0.39, 0.29) is 22.8 Å². The minimum atomic E-state index is -0.727. The van der Waals surface area contributed by atoms with Gasteiger partial charge >= 0.3 is 6.03 Å². The number of aliphatic hydroxyl groups excluding tert-OH is 1. The molecule has 0 unspecified atom stereocenters. The van der Waals surface area contributed by atoms with Crippen LogP contribution in [0, 0.1) is 11.6 Å². The predicted octanol–water partition coefficient (Wildman–Crippen LogP) is 2.72.